The van der Waals surface area contributed by atoms with Crippen LogP contribution in [0, 0.1) is 5.82 Å². The van der Waals surface area contributed by atoms with Crippen molar-refractivity contribution in [3.05, 3.63) is 28.5 Å². The van der Waals surface area contributed by atoms with Gasteiger partial charge < -0.3 is 5.32 Å². The number of sulfonamides is 1. The lowest BCUT2D eigenvalue weighted by molar-refractivity contribution is 0.335. The summed E-state index contributed by atoms with van der Waals surface area (Å²) >= 11 is 3.04. The molecule has 0 radical (unpaired) electrons. The van der Waals surface area contributed by atoms with Crippen molar-refractivity contribution in [1.29, 1.82) is 0 Å². The Hall–Kier alpha value is -0.500. The lowest BCUT2D eigenvalue weighted by Gasteiger charge is -2.27. The normalized spacial score (nSPS) is 19.7. The largest absolute Gasteiger partial charge is 0.315 e. The minimum absolute atomic E-state index is 0.0243. The highest BCUT2D eigenvalue weighted by atomic mass is 79.9. The lowest BCUT2D eigenvalue weighted by Crippen LogP contribution is -2.42. The highest BCUT2D eigenvalue weighted by molar-refractivity contribution is 9.10. The van der Waals surface area contributed by atoms with Crippen LogP contribution in [0.5, 0.6) is 0 Å². The molecule has 1 fully saturated rings. The molecule has 20 heavy (non-hydrogen) atoms. The Labute approximate surface area is 127 Å². The number of rotatable bonds is 5. The van der Waals surface area contributed by atoms with Crippen molar-refractivity contribution >= 4 is 26.0 Å². The molecule has 1 aliphatic rings. The van der Waals surface area contributed by atoms with Crippen molar-refractivity contribution in [2.75, 3.05) is 19.6 Å². The summed E-state index contributed by atoms with van der Waals surface area (Å²) < 4.78 is 40.4. The quantitative estimate of drug-likeness (QED) is 0.872. The first-order chi connectivity index (χ1) is 9.46. The Morgan fingerprint density at radius 1 is 1.50 bits per heavy atom. The van der Waals surface area contributed by atoms with Gasteiger partial charge >= 0.3 is 0 Å². The molecule has 112 valence electrons. The van der Waals surface area contributed by atoms with Crippen LogP contribution in [0.3, 0.4) is 0 Å². The summed E-state index contributed by atoms with van der Waals surface area (Å²) in [5.41, 5.74) is 0. The highest BCUT2D eigenvalue weighted by Crippen LogP contribution is 2.25. The van der Waals surface area contributed by atoms with Gasteiger partial charge in [0.05, 0.1) is 9.37 Å². The number of hydrogen-bond donors (Lipinski definition) is 1. The first kappa shape index (κ1) is 15.9. The summed E-state index contributed by atoms with van der Waals surface area (Å²) in [4.78, 5) is 0.131. The van der Waals surface area contributed by atoms with Crippen LogP contribution in [0.4, 0.5) is 4.39 Å². The van der Waals surface area contributed by atoms with Crippen LogP contribution in [0.15, 0.2) is 27.6 Å². The maximum atomic E-state index is 13.3. The van der Waals surface area contributed by atoms with E-state index >= 15 is 0 Å². The minimum Gasteiger partial charge on any atom is -0.315 e. The van der Waals surface area contributed by atoms with Crippen molar-refractivity contribution in [3.63, 3.8) is 0 Å². The van der Waals surface area contributed by atoms with Crippen LogP contribution in [0.2, 0.25) is 0 Å². The van der Waals surface area contributed by atoms with Gasteiger partial charge in [0.25, 0.3) is 0 Å². The molecule has 1 atom stereocenters. The summed E-state index contributed by atoms with van der Waals surface area (Å²) in [5, 5.41) is 3.18. The first-order valence-electron chi connectivity index (χ1n) is 6.64. The van der Waals surface area contributed by atoms with E-state index in [1.54, 1.807) is 0 Å². The molecule has 1 aliphatic heterocycles. The van der Waals surface area contributed by atoms with Crippen molar-refractivity contribution in [3.8, 4) is 0 Å². The van der Waals surface area contributed by atoms with Gasteiger partial charge in [0.2, 0.25) is 10.0 Å². The number of halogens is 2. The van der Waals surface area contributed by atoms with Crippen LogP contribution < -0.4 is 5.32 Å². The third kappa shape index (κ3) is 3.21. The van der Waals surface area contributed by atoms with Crippen LogP contribution in [0.1, 0.15) is 19.8 Å². The summed E-state index contributed by atoms with van der Waals surface area (Å²) in [7, 11) is -3.59. The van der Waals surface area contributed by atoms with Crippen LogP contribution in [-0.2, 0) is 10.0 Å². The molecule has 1 aromatic rings. The molecule has 0 spiro atoms. The average Bonchev–Trinajstić information content (AvgIpc) is 2.92. The second-order valence-electron chi connectivity index (χ2n) is 4.84. The zero-order chi connectivity index (χ0) is 14.8. The van der Waals surface area contributed by atoms with E-state index in [1.807, 2.05) is 6.92 Å². The number of nitrogens with one attached hydrogen (secondary N) is 1. The van der Waals surface area contributed by atoms with Gasteiger partial charge in [0.15, 0.2) is 0 Å². The molecule has 1 aromatic carbocycles. The highest BCUT2D eigenvalue weighted by Gasteiger charge is 2.32. The molecule has 1 saturated heterocycles. The molecule has 2 rings (SSSR count). The van der Waals surface area contributed by atoms with Gasteiger partial charge in [-0.05, 0) is 53.5 Å². The SMILES string of the molecule is CCCN(C1CCNC1)S(=O)(=O)c1ccc(F)c(Br)c1. The smallest absolute Gasteiger partial charge is 0.243 e. The summed E-state index contributed by atoms with van der Waals surface area (Å²) in [6.07, 6.45) is 1.56. The van der Waals surface area contributed by atoms with E-state index < -0.39 is 15.8 Å². The van der Waals surface area contributed by atoms with E-state index in [9.17, 15) is 12.8 Å². The van der Waals surface area contributed by atoms with Crippen LogP contribution in [-0.4, -0.2) is 38.4 Å². The molecule has 0 amide bonds. The molecule has 0 aromatic heterocycles. The summed E-state index contributed by atoms with van der Waals surface area (Å²) in [5.74, 6) is -0.464. The van der Waals surface area contributed by atoms with Crippen molar-refractivity contribution in [1.82, 2.24) is 9.62 Å². The Balaban J connectivity index is 2.36. The van der Waals surface area contributed by atoms with Gasteiger partial charge in [0.1, 0.15) is 5.82 Å². The molecule has 7 heteroatoms. The molecule has 4 nitrogen and oxygen atoms in total. The average molecular weight is 365 g/mol. The Morgan fingerprint density at radius 2 is 2.25 bits per heavy atom. The monoisotopic (exact) mass is 364 g/mol. The maximum Gasteiger partial charge on any atom is 0.243 e. The van der Waals surface area contributed by atoms with Gasteiger partial charge in [-0.3, -0.25) is 0 Å². The van der Waals surface area contributed by atoms with E-state index in [0.29, 0.717) is 13.1 Å². The molecule has 0 aliphatic carbocycles. The Morgan fingerprint density at radius 3 is 2.80 bits per heavy atom. The van der Waals surface area contributed by atoms with Crippen molar-refractivity contribution in [2.24, 2.45) is 0 Å². The lowest BCUT2D eigenvalue weighted by atomic mass is 10.2. The fraction of sp³-hybridized carbons (Fsp3) is 0.538. The van der Waals surface area contributed by atoms with E-state index in [0.717, 1.165) is 19.4 Å². The maximum absolute atomic E-state index is 13.3. The van der Waals surface area contributed by atoms with Gasteiger partial charge in [0, 0.05) is 19.1 Å². The number of nitrogens with zero attached hydrogens (tertiary/aromatic N) is 1. The molecule has 0 saturated carbocycles. The van der Waals surface area contributed by atoms with E-state index in [1.165, 1.54) is 22.5 Å². The van der Waals surface area contributed by atoms with Crippen LogP contribution >= 0.6 is 15.9 Å². The zero-order valence-corrected chi connectivity index (χ0v) is 13.7. The summed E-state index contributed by atoms with van der Waals surface area (Å²) in [6.45, 7) is 3.92. The van der Waals surface area contributed by atoms with E-state index in [-0.39, 0.29) is 15.4 Å². The van der Waals surface area contributed by atoms with Gasteiger partial charge in [-0.2, -0.15) is 4.31 Å². The minimum atomic E-state index is -3.59. The summed E-state index contributed by atoms with van der Waals surface area (Å²) in [6, 6.07) is 3.80. The fourth-order valence-electron chi connectivity index (χ4n) is 2.38. The standard InChI is InChI=1S/C13H18BrFN2O2S/c1-2-7-17(10-5-6-16-9-10)20(18,19)11-3-4-13(15)12(14)8-11/h3-4,8,10,16H,2,5-7,9H2,1H3. The second kappa shape index (κ2) is 6.51. The van der Waals surface area contributed by atoms with Gasteiger partial charge in [-0.15, -0.1) is 0 Å². The van der Waals surface area contributed by atoms with Crippen LogP contribution in [0.25, 0.3) is 0 Å². The Kier molecular flexibility index (Phi) is 5.17. The van der Waals surface area contributed by atoms with E-state index in [4.69, 9.17) is 0 Å². The molecule has 1 N–H and O–H groups in total. The molecule has 0 bridgehead atoms. The molecular formula is C13H18BrFN2O2S. The first-order valence-corrected chi connectivity index (χ1v) is 8.87. The fourth-order valence-corrected chi connectivity index (χ4v) is 4.68. The predicted octanol–water partition coefficient (Wildman–Crippen LogP) is 2.35. The predicted molar refractivity (Wildman–Crippen MR) is 79.6 cm³/mol. The van der Waals surface area contributed by atoms with Crippen molar-refractivity contribution in [2.45, 2.75) is 30.7 Å². The van der Waals surface area contributed by atoms with Gasteiger partial charge in [-0.25, -0.2) is 12.8 Å². The number of hydrogen-bond acceptors (Lipinski definition) is 3. The number of benzene rings is 1. The van der Waals surface area contributed by atoms with Crippen molar-refractivity contribution < 1.29 is 12.8 Å². The van der Waals surface area contributed by atoms with E-state index in [2.05, 4.69) is 21.2 Å². The molecular weight excluding hydrogens is 347 g/mol. The second-order valence-corrected chi connectivity index (χ2v) is 7.58. The van der Waals surface area contributed by atoms with Gasteiger partial charge in [-0.1, -0.05) is 6.92 Å². The molecule has 1 heterocycles. The molecule has 1 unspecified atom stereocenters. The zero-order valence-electron chi connectivity index (χ0n) is 11.3. The third-order valence-corrected chi connectivity index (χ3v) is 5.94. The topological polar surface area (TPSA) is 49.4 Å². The Bertz CT molecular complexity index is 574. The third-order valence-electron chi connectivity index (χ3n) is 3.38.